The summed E-state index contributed by atoms with van der Waals surface area (Å²) in [5.74, 6) is -0.846. The number of nitrogens with zero attached hydrogens (tertiary/aromatic N) is 1. The molecule has 146 valence electrons. The monoisotopic (exact) mass is 397 g/mol. The molecule has 1 aliphatic rings. The largest absolute Gasteiger partial charge is 0.311 e. The molecule has 0 unspecified atom stereocenters. The Bertz CT molecular complexity index is 948. The molecule has 28 heavy (non-hydrogen) atoms. The van der Waals surface area contributed by atoms with Crippen LogP contribution in [-0.4, -0.2) is 22.6 Å². The summed E-state index contributed by atoms with van der Waals surface area (Å²) in [6.07, 6.45) is 4.47. The molecule has 3 amide bonds. The van der Waals surface area contributed by atoms with E-state index in [1.165, 1.54) is 18.3 Å². The van der Waals surface area contributed by atoms with E-state index in [0.717, 1.165) is 28.0 Å². The van der Waals surface area contributed by atoms with Crippen LogP contribution in [-0.2, 0) is 16.0 Å². The lowest BCUT2D eigenvalue weighted by Gasteiger charge is -2.32. The Kier molecular flexibility index (Phi) is 5.94. The number of benzene rings is 1. The van der Waals surface area contributed by atoms with Gasteiger partial charge >= 0.3 is 0 Å². The maximum atomic E-state index is 12.5. The Labute approximate surface area is 168 Å². The molecule has 0 fully saturated rings. The van der Waals surface area contributed by atoms with Gasteiger partial charge < -0.3 is 4.90 Å². The van der Waals surface area contributed by atoms with Crippen molar-refractivity contribution in [2.75, 3.05) is 0 Å². The molecule has 0 saturated carbocycles. The number of aryl methyl sites for hydroxylation is 2. The highest BCUT2D eigenvalue weighted by Gasteiger charge is 2.28. The molecule has 1 atom stereocenters. The van der Waals surface area contributed by atoms with E-state index in [1.807, 2.05) is 50.3 Å². The van der Waals surface area contributed by atoms with Gasteiger partial charge in [0.2, 0.25) is 11.8 Å². The summed E-state index contributed by atoms with van der Waals surface area (Å²) < 4.78 is 0. The van der Waals surface area contributed by atoms with Crippen LogP contribution in [0.3, 0.4) is 0 Å². The van der Waals surface area contributed by atoms with E-state index < -0.39 is 6.04 Å². The zero-order chi connectivity index (χ0) is 20.3. The molecule has 0 saturated heterocycles. The first-order valence-electron chi connectivity index (χ1n) is 9.15. The third kappa shape index (κ3) is 4.14. The van der Waals surface area contributed by atoms with E-state index in [9.17, 15) is 14.4 Å². The number of thiophene rings is 1. The number of hydrogen-bond donors (Lipinski definition) is 2. The van der Waals surface area contributed by atoms with Crippen molar-refractivity contribution in [2.24, 2.45) is 0 Å². The fourth-order valence-electron chi connectivity index (χ4n) is 3.31. The van der Waals surface area contributed by atoms with Gasteiger partial charge in [0.15, 0.2) is 0 Å². The minimum absolute atomic E-state index is 0.0465. The Morgan fingerprint density at radius 2 is 1.93 bits per heavy atom. The van der Waals surface area contributed by atoms with Gasteiger partial charge in [-0.1, -0.05) is 31.2 Å². The summed E-state index contributed by atoms with van der Waals surface area (Å²) in [4.78, 5) is 40.0. The van der Waals surface area contributed by atoms with Crippen LogP contribution in [0.4, 0.5) is 0 Å². The first-order valence-corrected chi connectivity index (χ1v) is 9.96. The number of carbonyl (C=O) groups is 3. The Morgan fingerprint density at radius 3 is 2.61 bits per heavy atom. The van der Waals surface area contributed by atoms with Crippen molar-refractivity contribution < 1.29 is 14.4 Å². The average Bonchev–Trinajstić information content (AvgIpc) is 3.07. The van der Waals surface area contributed by atoms with E-state index in [0.29, 0.717) is 4.88 Å². The molecule has 1 aromatic heterocycles. The predicted octanol–water partition coefficient (Wildman–Crippen LogP) is 3.34. The van der Waals surface area contributed by atoms with Gasteiger partial charge in [0, 0.05) is 18.0 Å². The molecule has 3 rings (SSSR count). The van der Waals surface area contributed by atoms with Gasteiger partial charge in [-0.15, -0.1) is 11.3 Å². The van der Waals surface area contributed by atoms with Crippen molar-refractivity contribution in [2.45, 2.75) is 39.7 Å². The standard InChI is InChI=1S/C21H23N3O3S/c1-4-18-13(2)11-19(28-18)21(27)23-22-20(26)12-17-16-8-6-5-7-15(16)9-10-24(17)14(3)25/h5-11,17H,4,12H2,1-3H3,(H,22,26)(H,23,27)/t17-/m1/s1. The number of rotatable bonds is 4. The second kappa shape index (κ2) is 8.39. The zero-order valence-electron chi connectivity index (χ0n) is 16.1. The molecule has 2 N–H and O–H groups in total. The fourth-order valence-corrected chi connectivity index (χ4v) is 4.32. The second-order valence-corrected chi connectivity index (χ2v) is 7.80. The van der Waals surface area contributed by atoms with Gasteiger partial charge in [-0.2, -0.15) is 0 Å². The number of nitrogens with one attached hydrogen (secondary N) is 2. The molecular weight excluding hydrogens is 374 g/mol. The highest BCUT2D eigenvalue weighted by Crippen LogP contribution is 2.32. The summed E-state index contributed by atoms with van der Waals surface area (Å²) in [7, 11) is 0. The normalized spacial score (nSPS) is 15.1. The molecule has 0 bridgehead atoms. The highest BCUT2D eigenvalue weighted by molar-refractivity contribution is 7.14. The molecule has 1 aromatic carbocycles. The molecule has 1 aliphatic heterocycles. The number of hydrazine groups is 1. The van der Waals surface area contributed by atoms with Crippen molar-refractivity contribution in [1.29, 1.82) is 0 Å². The minimum atomic E-state index is -0.411. The maximum absolute atomic E-state index is 12.5. The van der Waals surface area contributed by atoms with E-state index in [4.69, 9.17) is 0 Å². The minimum Gasteiger partial charge on any atom is -0.311 e. The summed E-state index contributed by atoms with van der Waals surface area (Å²) in [5.41, 5.74) is 7.90. The molecule has 0 radical (unpaired) electrons. The van der Waals surface area contributed by atoms with Crippen LogP contribution in [0.25, 0.3) is 6.08 Å². The second-order valence-electron chi connectivity index (χ2n) is 6.66. The lowest BCUT2D eigenvalue weighted by molar-refractivity contribution is -0.130. The van der Waals surface area contributed by atoms with Gasteiger partial charge in [-0.25, -0.2) is 0 Å². The Balaban J connectivity index is 1.66. The number of carbonyl (C=O) groups excluding carboxylic acids is 3. The summed E-state index contributed by atoms with van der Waals surface area (Å²) in [5, 5.41) is 0. The molecule has 0 spiro atoms. The van der Waals surface area contributed by atoms with E-state index in [-0.39, 0.29) is 24.1 Å². The van der Waals surface area contributed by atoms with Crippen molar-refractivity contribution in [3.05, 3.63) is 63.0 Å². The molecule has 2 aromatic rings. The van der Waals surface area contributed by atoms with Crippen LogP contribution in [0.2, 0.25) is 0 Å². The van der Waals surface area contributed by atoms with Crippen LogP contribution in [0.5, 0.6) is 0 Å². The number of fused-ring (bicyclic) bond motifs is 1. The Morgan fingerprint density at radius 1 is 1.18 bits per heavy atom. The topological polar surface area (TPSA) is 78.5 Å². The van der Waals surface area contributed by atoms with E-state index >= 15 is 0 Å². The zero-order valence-corrected chi connectivity index (χ0v) is 16.9. The average molecular weight is 398 g/mol. The number of hydrogen-bond acceptors (Lipinski definition) is 4. The van der Waals surface area contributed by atoms with Crippen molar-refractivity contribution in [1.82, 2.24) is 15.8 Å². The van der Waals surface area contributed by atoms with Gasteiger partial charge in [0.1, 0.15) is 0 Å². The third-order valence-corrected chi connectivity index (χ3v) is 6.11. The lowest BCUT2D eigenvalue weighted by Crippen LogP contribution is -2.43. The smallest absolute Gasteiger partial charge is 0.279 e. The van der Waals surface area contributed by atoms with Gasteiger partial charge in [-0.3, -0.25) is 25.2 Å². The third-order valence-electron chi connectivity index (χ3n) is 4.73. The molecule has 2 heterocycles. The highest BCUT2D eigenvalue weighted by atomic mass is 32.1. The van der Waals surface area contributed by atoms with Crippen molar-refractivity contribution in [3.8, 4) is 0 Å². The van der Waals surface area contributed by atoms with Crippen LogP contribution >= 0.6 is 11.3 Å². The summed E-state index contributed by atoms with van der Waals surface area (Å²) >= 11 is 1.42. The lowest BCUT2D eigenvalue weighted by atomic mass is 9.93. The van der Waals surface area contributed by atoms with Crippen LogP contribution in [0, 0.1) is 6.92 Å². The van der Waals surface area contributed by atoms with Crippen LogP contribution in [0.15, 0.2) is 36.5 Å². The van der Waals surface area contributed by atoms with Gasteiger partial charge in [0.05, 0.1) is 17.3 Å². The number of amides is 3. The molecule has 6 nitrogen and oxygen atoms in total. The van der Waals surface area contributed by atoms with Gasteiger partial charge in [0.25, 0.3) is 5.91 Å². The van der Waals surface area contributed by atoms with E-state index in [1.54, 1.807) is 11.1 Å². The first-order chi connectivity index (χ1) is 13.4. The summed E-state index contributed by atoms with van der Waals surface area (Å²) in [6, 6.07) is 9.06. The molecular formula is C21H23N3O3S. The van der Waals surface area contributed by atoms with Crippen LogP contribution in [0.1, 0.15) is 57.5 Å². The quantitative estimate of drug-likeness (QED) is 0.777. The molecule has 0 aliphatic carbocycles. The van der Waals surface area contributed by atoms with E-state index in [2.05, 4.69) is 10.9 Å². The predicted molar refractivity (Wildman–Crippen MR) is 109 cm³/mol. The van der Waals surface area contributed by atoms with Crippen molar-refractivity contribution in [3.63, 3.8) is 0 Å². The van der Waals surface area contributed by atoms with Gasteiger partial charge in [-0.05, 0) is 42.2 Å². The van der Waals surface area contributed by atoms with Crippen molar-refractivity contribution >= 4 is 35.1 Å². The first kappa shape index (κ1) is 19.8. The maximum Gasteiger partial charge on any atom is 0.279 e. The van der Waals surface area contributed by atoms with Crippen LogP contribution < -0.4 is 10.9 Å². The Hall–Kier alpha value is -2.93. The SMILES string of the molecule is CCc1sc(C(=O)NNC(=O)C[C@@H]2c3ccccc3C=CN2C(C)=O)cc1C. The fraction of sp³-hybridized carbons (Fsp3) is 0.286. The molecule has 7 heteroatoms. The summed E-state index contributed by atoms with van der Waals surface area (Å²) in [6.45, 7) is 5.48.